The normalized spacial score (nSPS) is 21.9. The highest BCUT2D eigenvalue weighted by Crippen LogP contribution is 2.57. The Hall–Kier alpha value is -3.22. The predicted octanol–water partition coefficient (Wildman–Crippen LogP) is 4.24. The predicted molar refractivity (Wildman–Crippen MR) is 109 cm³/mol. The van der Waals surface area contributed by atoms with Crippen LogP contribution in [0.4, 0.5) is 8.78 Å². The molecule has 7 heteroatoms. The second-order valence-electron chi connectivity index (χ2n) is 8.79. The van der Waals surface area contributed by atoms with Crippen LogP contribution in [0, 0.1) is 17.6 Å². The Balaban J connectivity index is 1.35. The molecule has 158 valence electrons. The summed E-state index contributed by atoms with van der Waals surface area (Å²) in [5.41, 5.74) is 2.96. The molecule has 2 fully saturated rings. The first-order valence-electron chi connectivity index (χ1n) is 10.5. The van der Waals surface area contributed by atoms with Crippen molar-refractivity contribution < 1.29 is 18.3 Å². The molecule has 2 saturated carbocycles. The molecule has 3 aromatic rings. The summed E-state index contributed by atoms with van der Waals surface area (Å²) in [5.74, 6) is -0.00776. The first kappa shape index (κ1) is 18.5. The van der Waals surface area contributed by atoms with Crippen LogP contribution in [0.1, 0.15) is 52.5 Å². The van der Waals surface area contributed by atoms with Gasteiger partial charge in [0.05, 0.1) is 18.3 Å². The van der Waals surface area contributed by atoms with Crippen LogP contribution in [-0.4, -0.2) is 22.8 Å². The lowest BCUT2D eigenvalue weighted by Crippen LogP contribution is -2.35. The van der Waals surface area contributed by atoms with Crippen molar-refractivity contribution in [2.24, 2.45) is 5.92 Å². The Labute approximate surface area is 178 Å². The summed E-state index contributed by atoms with van der Waals surface area (Å²) in [4.78, 5) is 13.3. The van der Waals surface area contributed by atoms with E-state index in [1.807, 2.05) is 24.3 Å². The topological polar surface area (TPSA) is 56.1 Å². The van der Waals surface area contributed by atoms with Gasteiger partial charge in [-0.1, -0.05) is 12.1 Å². The fourth-order valence-corrected chi connectivity index (χ4v) is 4.93. The van der Waals surface area contributed by atoms with E-state index in [2.05, 4.69) is 10.4 Å². The standard InChI is InChI=1S/C24H21F2N3O2/c1-31-16-5-2-14(3-6-16)24(8-9-24)27-23(30)21-18-11-13-10-17(13)22(18)29(28-21)20-7-4-15(25)12-19(20)26/h2-7,12-13,17H,8-11H2,1H3,(H,27,30)/t13-,17-/m0/s1. The Morgan fingerprint density at radius 3 is 2.65 bits per heavy atom. The maximum absolute atomic E-state index is 14.5. The second kappa shape index (κ2) is 6.39. The van der Waals surface area contributed by atoms with Crippen molar-refractivity contribution in [3.05, 3.63) is 76.6 Å². The fraction of sp³-hybridized carbons (Fsp3) is 0.333. The third kappa shape index (κ3) is 2.86. The van der Waals surface area contributed by atoms with Gasteiger partial charge in [0.1, 0.15) is 17.3 Å². The minimum atomic E-state index is -0.682. The van der Waals surface area contributed by atoms with Gasteiger partial charge in [-0.2, -0.15) is 5.10 Å². The van der Waals surface area contributed by atoms with E-state index in [-0.39, 0.29) is 11.6 Å². The maximum Gasteiger partial charge on any atom is 0.272 e. The number of methoxy groups -OCH3 is 1. The second-order valence-corrected chi connectivity index (χ2v) is 8.79. The van der Waals surface area contributed by atoms with E-state index >= 15 is 0 Å². The number of carbonyl (C=O) groups excluding carboxylic acids is 1. The zero-order valence-electron chi connectivity index (χ0n) is 17.0. The number of fused-ring (bicyclic) bond motifs is 3. The molecule has 2 aromatic carbocycles. The number of benzene rings is 2. The van der Waals surface area contributed by atoms with E-state index in [1.54, 1.807) is 7.11 Å². The van der Waals surface area contributed by atoms with E-state index in [1.165, 1.54) is 16.8 Å². The van der Waals surface area contributed by atoms with Crippen LogP contribution < -0.4 is 10.1 Å². The van der Waals surface area contributed by atoms with Crippen LogP contribution in [0.5, 0.6) is 5.75 Å². The molecule has 3 aliphatic rings. The van der Waals surface area contributed by atoms with Crippen molar-refractivity contribution in [2.75, 3.05) is 7.11 Å². The van der Waals surface area contributed by atoms with Crippen molar-refractivity contribution in [3.63, 3.8) is 0 Å². The van der Waals surface area contributed by atoms with Crippen molar-refractivity contribution >= 4 is 5.91 Å². The zero-order chi connectivity index (χ0) is 21.3. The molecular weight excluding hydrogens is 400 g/mol. The Bertz CT molecular complexity index is 1210. The number of amides is 1. The largest absolute Gasteiger partial charge is 0.497 e. The molecule has 1 N–H and O–H groups in total. The number of carbonyl (C=O) groups is 1. The smallest absolute Gasteiger partial charge is 0.272 e. The molecule has 0 unspecified atom stereocenters. The molecule has 0 saturated heterocycles. The SMILES string of the molecule is COc1ccc(C2(NC(=O)c3nn(-c4ccc(F)cc4F)c4c3C[C@@H]3C[C@H]43)CC2)cc1. The molecule has 0 spiro atoms. The molecule has 31 heavy (non-hydrogen) atoms. The lowest BCUT2D eigenvalue weighted by atomic mass is 10.0. The monoisotopic (exact) mass is 421 g/mol. The van der Waals surface area contributed by atoms with Crippen molar-refractivity contribution in [1.82, 2.24) is 15.1 Å². The fourth-order valence-electron chi connectivity index (χ4n) is 4.93. The van der Waals surface area contributed by atoms with E-state index in [4.69, 9.17) is 4.74 Å². The average molecular weight is 421 g/mol. The summed E-state index contributed by atoms with van der Waals surface area (Å²) in [7, 11) is 1.62. The van der Waals surface area contributed by atoms with Crippen LogP contribution in [0.3, 0.4) is 0 Å². The number of hydrogen-bond acceptors (Lipinski definition) is 3. The Morgan fingerprint density at radius 1 is 1.19 bits per heavy atom. The molecule has 0 bridgehead atoms. The Morgan fingerprint density at radius 2 is 1.97 bits per heavy atom. The van der Waals surface area contributed by atoms with E-state index in [0.717, 1.165) is 54.3 Å². The van der Waals surface area contributed by atoms with Crippen LogP contribution in [0.25, 0.3) is 5.69 Å². The van der Waals surface area contributed by atoms with Gasteiger partial charge in [-0.25, -0.2) is 13.5 Å². The van der Waals surface area contributed by atoms with E-state index < -0.39 is 17.2 Å². The molecule has 0 radical (unpaired) electrons. The highest BCUT2D eigenvalue weighted by Gasteiger charge is 2.51. The third-order valence-corrected chi connectivity index (χ3v) is 6.86. The zero-order valence-corrected chi connectivity index (χ0v) is 17.0. The molecule has 6 rings (SSSR count). The molecule has 1 amide bonds. The van der Waals surface area contributed by atoms with Crippen molar-refractivity contribution in [2.45, 2.75) is 37.1 Å². The van der Waals surface area contributed by atoms with Gasteiger partial charge in [-0.3, -0.25) is 4.79 Å². The molecule has 1 heterocycles. The summed E-state index contributed by atoms with van der Waals surface area (Å²) in [6.45, 7) is 0. The minimum absolute atomic E-state index is 0.181. The number of ether oxygens (including phenoxy) is 1. The molecule has 1 aromatic heterocycles. The van der Waals surface area contributed by atoms with Gasteiger partial charge < -0.3 is 10.1 Å². The molecular formula is C24H21F2N3O2. The van der Waals surface area contributed by atoms with Crippen LogP contribution in [-0.2, 0) is 12.0 Å². The minimum Gasteiger partial charge on any atom is -0.497 e. The highest BCUT2D eigenvalue weighted by atomic mass is 19.1. The number of nitrogens with zero attached hydrogens (tertiary/aromatic N) is 2. The number of rotatable bonds is 5. The summed E-state index contributed by atoms with van der Waals surface area (Å²) >= 11 is 0. The van der Waals surface area contributed by atoms with E-state index in [9.17, 15) is 13.6 Å². The third-order valence-electron chi connectivity index (χ3n) is 6.86. The van der Waals surface area contributed by atoms with E-state index in [0.29, 0.717) is 17.5 Å². The van der Waals surface area contributed by atoms with Gasteiger partial charge in [0.25, 0.3) is 5.91 Å². The highest BCUT2D eigenvalue weighted by molar-refractivity contribution is 5.95. The maximum atomic E-state index is 14.5. The lowest BCUT2D eigenvalue weighted by molar-refractivity contribution is 0.0924. The average Bonchev–Trinajstić information content (AvgIpc) is 3.64. The van der Waals surface area contributed by atoms with Crippen molar-refractivity contribution in [3.8, 4) is 11.4 Å². The van der Waals surface area contributed by atoms with Gasteiger partial charge in [-0.05, 0) is 61.4 Å². The molecule has 2 atom stereocenters. The summed E-state index contributed by atoms with van der Waals surface area (Å²) in [6.07, 6.45) is 3.51. The van der Waals surface area contributed by atoms with Gasteiger partial charge in [0, 0.05) is 17.5 Å². The first-order valence-corrected chi connectivity index (χ1v) is 10.5. The van der Waals surface area contributed by atoms with Crippen LogP contribution in [0.2, 0.25) is 0 Å². The van der Waals surface area contributed by atoms with Crippen LogP contribution >= 0.6 is 0 Å². The lowest BCUT2D eigenvalue weighted by Gasteiger charge is -2.18. The number of nitrogens with one attached hydrogen (secondary N) is 1. The quantitative estimate of drug-likeness (QED) is 0.671. The van der Waals surface area contributed by atoms with Gasteiger partial charge >= 0.3 is 0 Å². The molecule has 3 aliphatic carbocycles. The molecule has 0 aliphatic heterocycles. The Kier molecular flexibility index (Phi) is 3.82. The van der Waals surface area contributed by atoms with Crippen LogP contribution in [0.15, 0.2) is 42.5 Å². The van der Waals surface area contributed by atoms with Gasteiger partial charge in [-0.15, -0.1) is 0 Å². The van der Waals surface area contributed by atoms with Gasteiger partial charge in [0.2, 0.25) is 0 Å². The summed E-state index contributed by atoms with van der Waals surface area (Å²) < 4.78 is 34.7. The summed E-state index contributed by atoms with van der Waals surface area (Å²) in [6, 6.07) is 11.2. The first-order chi connectivity index (χ1) is 15.0. The molecule has 5 nitrogen and oxygen atoms in total. The van der Waals surface area contributed by atoms with Gasteiger partial charge in [0.15, 0.2) is 11.5 Å². The summed E-state index contributed by atoms with van der Waals surface area (Å²) in [5, 5.41) is 7.70. The number of halogens is 2. The number of hydrogen-bond donors (Lipinski definition) is 1. The van der Waals surface area contributed by atoms with Crippen molar-refractivity contribution in [1.29, 1.82) is 0 Å². The number of aromatic nitrogens is 2.